The average molecular weight is 402 g/mol. The number of aromatic nitrogens is 3. The Morgan fingerprint density at radius 2 is 2.13 bits per heavy atom. The maximum Gasteiger partial charge on any atom is 0.340 e. The number of esters is 1. The van der Waals surface area contributed by atoms with E-state index in [0.717, 1.165) is 5.56 Å². The third kappa shape index (κ3) is 3.97. The molecule has 0 saturated heterocycles. The van der Waals surface area contributed by atoms with E-state index >= 15 is 0 Å². The van der Waals surface area contributed by atoms with Gasteiger partial charge in [0.05, 0.1) is 29.5 Å². The zero-order valence-corrected chi connectivity index (χ0v) is 16.1. The fraction of sp³-hybridized carbons (Fsp3) is 0.0909. The lowest BCUT2D eigenvalue weighted by Crippen LogP contribution is -2.07. The predicted molar refractivity (Wildman–Crippen MR) is 112 cm³/mol. The molecule has 3 aromatic heterocycles. The maximum atomic E-state index is 12.3. The van der Waals surface area contributed by atoms with Crippen molar-refractivity contribution in [3.05, 3.63) is 72.6 Å². The molecule has 0 unspecified atom stereocenters. The summed E-state index contributed by atoms with van der Waals surface area (Å²) < 4.78 is 10.3. The van der Waals surface area contributed by atoms with Crippen LogP contribution in [0.3, 0.4) is 0 Å². The van der Waals surface area contributed by atoms with Gasteiger partial charge < -0.3 is 19.5 Å². The maximum absolute atomic E-state index is 12.3. The second kappa shape index (κ2) is 8.44. The van der Waals surface area contributed by atoms with Gasteiger partial charge in [-0.25, -0.2) is 14.8 Å². The van der Waals surface area contributed by atoms with Crippen LogP contribution in [0.5, 0.6) is 0 Å². The molecule has 0 bridgehead atoms. The number of hydrogen-bond donors (Lipinski definition) is 2. The molecule has 0 aliphatic rings. The second-order valence-corrected chi connectivity index (χ2v) is 6.29. The molecule has 0 fully saturated rings. The lowest BCUT2D eigenvalue weighted by Gasteiger charge is -2.08. The van der Waals surface area contributed by atoms with Gasteiger partial charge in [-0.15, -0.1) is 0 Å². The highest BCUT2D eigenvalue weighted by atomic mass is 16.5. The molecule has 1 amide bonds. The van der Waals surface area contributed by atoms with Crippen molar-refractivity contribution >= 4 is 34.7 Å². The molecule has 3 heterocycles. The van der Waals surface area contributed by atoms with Gasteiger partial charge in [-0.3, -0.25) is 4.79 Å². The standard InChI is InChI=1S/C22H18N4O4/c1-2-29-22(28)17-12-23-21-19(17)20(24-13-25-21)14-5-3-6-15(11-14)26-18(27)9-8-16-7-4-10-30-16/h3-13H,2H2,1H3,(H,26,27)(H,23,24,25). The number of H-pyrrole nitrogens is 1. The molecule has 8 heteroatoms. The number of ether oxygens (including phenoxy) is 1. The summed E-state index contributed by atoms with van der Waals surface area (Å²) in [6.07, 6.45) is 7.49. The van der Waals surface area contributed by atoms with Crippen molar-refractivity contribution in [3.63, 3.8) is 0 Å². The first-order valence-electron chi connectivity index (χ1n) is 9.28. The van der Waals surface area contributed by atoms with Crippen molar-refractivity contribution in [2.75, 3.05) is 11.9 Å². The van der Waals surface area contributed by atoms with Crippen molar-refractivity contribution in [2.24, 2.45) is 0 Å². The number of nitrogens with one attached hydrogen (secondary N) is 2. The fourth-order valence-corrected chi connectivity index (χ4v) is 3.02. The third-order valence-electron chi connectivity index (χ3n) is 4.31. The Morgan fingerprint density at radius 3 is 2.93 bits per heavy atom. The number of furan rings is 1. The van der Waals surface area contributed by atoms with Gasteiger partial charge in [-0.2, -0.15) is 0 Å². The van der Waals surface area contributed by atoms with E-state index in [1.54, 1.807) is 49.5 Å². The van der Waals surface area contributed by atoms with E-state index in [-0.39, 0.29) is 12.5 Å². The van der Waals surface area contributed by atoms with Gasteiger partial charge in [0.1, 0.15) is 17.7 Å². The topological polar surface area (TPSA) is 110 Å². The monoisotopic (exact) mass is 402 g/mol. The van der Waals surface area contributed by atoms with E-state index in [4.69, 9.17) is 9.15 Å². The average Bonchev–Trinajstić information content (AvgIpc) is 3.42. The van der Waals surface area contributed by atoms with Crippen molar-refractivity contribution in [1.82, 2.24) is 15.0 Å². The minimum absolute atomic E-state index is 0.265. The van der Waals surface area contributed by atoms with Crippen LogP contribution in [-0.4, -0.2) is 33.4 Å². The number of anilines is 1. The Hall–Kier alpha value is -4.20. The minimum atomic E-state index is -0.452. The normalized spacial score (nSPS) is 11.1. The molecule has 4 rings (SSSR count). The van der Waals surface area contributed by atoms with E-state index < -0.39 is 5.97 Å². The van der Waals surface area contributed by atoms with Gasteiger partial charge in [0.25, 0.3) is 0 Å². The molecule has 0 saturated carbocycles. The summed E-state index contributed by atoms with van der Waals surface area (Å²) in [7, 11) is 0. The molecule has 2 N–H and O–H groups in total. The number of amides is 1. The van der Waals surface area contributed by atoms with Crippen molar-refractivity contribution in [1.29, 1.82) is 0 Å². The number of carbonyl (C=O) groups is 2. The molecule has 0 spiro atoms. The Kier molecular flexibility index (Phi) is 5.38. The molecule has 0 aliphatic heterocycles. The van der Waals surface area contributed by atoms with Gasteiger partial charge >= 0.3 is 5.97 Å². The number of rotatable bonds is 6. The molecule has 1 aromatic carbocycles. The van der Waals surface area contributed by atoms with E-state index in [1.165, 1.54) is 18.7 Å². The highest BCUT2D eigenvalue weighted by molar-refractivity contribution is 6.08. The largest absolute Gasteiger partial charge is 0.465 e. The van der Waals surface area contributed by atoms with Crippen LogP contribution in [-0.2, 0) is 9.53 Å². The lowest BCUT2D eigenvalue weighted by molar-refractivity contribution is -0.111. The number of benzene rings is 1. The highest BCUT2D eigenvalue weighted by Crippen LogP contribution is 2.30. The van der Waals surface area contributed by atoms with Crippen LogP contribution >= 0.6 is 0 Å². The Labute approximate surface area is 171 Å². The zero-order chi connectivity index (χ0) is 20.9. The Balaban J connectivity index is 1.64. The molecule has 30 heavy (non-hydrogen) atoms. The summed E-state index contributed by atoms with van der Waals surface area (Å²) in [6.45, 7) is 2.01. The molecule has 8 nitrogen and oxygen atoms in total. The second-order valence-electron chi connectivity index (χ2n) is 6.29. The molecule has 0 atom stereocenters. The first-order valence-corrected chi connectivity index (χ1v) is 9.28. The summed E-state index contributed by atoms with van der Waals surface area (Å²) >= 11 is 0. The van der Waals surface area contributed by atoms with Crippen LogP contribution in [0.15, 0.2) is 65.7 Å². The Morgan fingerprint density at radius 1 is 1.23 bits per heavy atom. The Bertz CT molecular complexity index is 1230. The zero-order valence-electron chi connectivity index (χ0n) is 16.1. The van der Waals surface area contributed by atoms with Gasteiger partial charge in [-0.05, 0) is 37.3 Å². The summed E-state index contributed by atoms with van der Waals surface area (Å²) in [4.78, 5) is 36.1. The summed E-state index contributed by atoms with van der Waals surface area (Å²) in [5, 5.41) is 3.37. The summed E-state index contributed by atoms with van der Waals surface area (Å²) in [5.74, 6) is -0.168. The summed E-state index contributed by atoms with van der Waals surface area (Å²) in [5.41, 5.74) is 2.76. The van der Waals surface area contributed by atoms with Crippen LogP contribution in [0.2, 0.25) is 0 Å². The van der Waals surface area contributed by atoms with Gasteiger partial charge in [0, 0.05) is 23.5 Å². The van der Waals surface area contributed by atoms with Gasteiger partial charge in [0.2, 0.25) is 5.91 Å². The SMILES string of the molecule is CCOC(=O)c1c[nH]c2ncnc(-c3cccc(NC(=O)C=Cc4ccco4)c3)c12. The number of hydrogen-bond acceptors (Lipinski definition) is 6. The van der Waals surface area contributed by atoms with Gasteiger partial charge in [-0.1, -0.05) is 12.1 Å². The summed E-state index contributed by atoms with van der Waals surface area (Å²) in [6, 6.07) is 10.7. The lowest BCUT2D eigenvalue weighted by atomic mass is 10.1. The van der Waals surface area contributed by atoms with E-state index in [0.29, 0.717) is 33.7 Å². The van der Waals surface area contributed by atoms with E-state index in [1.807, 2.05) is 6.07 Å². The van der Waals surface area contributed by atoms with Crippen molar-refractivity contribution < 1.29 is 18.7 Å². The van der Waals surface area contributed by atoms with Crippen LogP contribution in [0, 0.1) is 0 Å². The van der Waals surface area contributed by atoms with E-state index in [2.05, 4.69) is 20.3 Å². The molecule has 0 radical (unpaired) electrons. The fourth-order valence-electron chi connectivity index (χ4n) is 3.02. The molecular formula is C22H18N4O4. The van der Waals surface area contributed by atoms with Crippen LogP contribution in [0.1, 0.15) is 23.0 Å². The van der Waals surface area contributed by atoms with Crippen LogP contribution in [0.4, 0.5) is 5.69 Å². The number of carbonyl (C=O) groups excluding carboxylic acids is 2. The molecule has 150 valence electrons. The van der Waals surface area contributed by atoms with Gasteiger partial charge in [0.15, 0.2) is 0 Å². The van der Waals surface area contributed by atoms with Crippen LogP contribution in [0.25, 0.3) is 28.4 Å². The van der Waals surface area contributed by atoms with Crippen molar-refractivity contribution in [2.45, 2.75) is 6.92 Å². The highest BCUT2D eigenvalue weighted by Gasteiger charge is 2.19. The number of aromatic amines is 1. The number of nitrogens with zero attached hydrogens (tertiary/aromatic N) is 2. The number of fused-ring (bicyclic) bond motifs is 1. The first kappa shape index (κ1) is 19.1. The predicted octanol–water partition coefficient (Wildman–Crippen LogP) is 4.05. The molecule has 0 aliphatic carbocycles. The minimum Gasteiger partial charge on any atom is -0.465 e. The molecule has 4 aromatic rings. The third-order valence-corrected chi connectivity index (χ3v) is 4.31. The quantitative estimate of drug-likeness (QED) is 0.372. The first-order chi connectivity index (χ1) is 14.7. The van der Waals surface area contributed by atoms with E-state index in [9.17, 15) is 9.59 Å². The smallest absolute Gasteiger partial charge is 0.340 e. The molecular weight excluding hydrogens is 384 g/mol. The van der Waals surface area contributed by atoms with Crippen LogP contribution < -0.4 is 5.32 Å². The van der Waals surface area contributed by atoms with Crippen molar-refractivity contribution in [3.8, 4) is 11.3 Å².